The first-order chi connectivity index (χ1) is 7.59. The molecule has 0 aliphatic carbocycles. The Bertz CT molecular complexity index is 283. The molecule has 90 valence electrons. The van der Waals surface area contributed by atoms with Crippen molar-refractivity contribution in [2.24, 2.45) is 0 Å². The SMILES string of the molecule is CN(C/C=C/C(=O)O)CC(=O)N1CCCC1. The summed E-state index contributed by atoms with van der Waals surface area (Å²) in [5, 5.41) is 8.40. The maximum absolute atomic E-state index is 11.7. The number of rotatable bonds is 5. The fourth-order valence-electron chi connectivity index (χ4n) is 1.70. The van der Waals surface area contributed by atoms with Gasteiger partial charge in [-0.25, -0.2) is 4.79 Å². The minimum atomic E-state index is -0.959. The van der Waals surface area contributed by atoms with Crippen LogP contribution in [0.25, 0.3) is 0 Å². The molecule has 0 bridgehead atoms. The molecule has 1 fully saturated rings. The molecule has 1 aliphatic heterocycles. The van der Waals surface area contributed by atoms with Crippen molar-refractivity contribution < 1.29 is 14.7 Å². The van der Waals surface area contributed by atoms with Gasteiger partial charge < -0.3 is 10.0 Å². The summed E-state index contributed by atoms with van der Waals surface area (Å²) >= 11 is 0. The van der Waals surface area contributed by atoms with Crippen molar-refractivity contribution in [2.45, 2.75) is 12.8 Å². The highest BCUT2D eigenvalue weighted by Gasteiger charge is 2.18. The largest absolute Gasteiger partial charge is 0.478 e. The maximum Gasteiger partial charge on any atom is 0.328 e. The second-order valence-electron chi connectivity index (χ2n) is 4.03. The van der Waals surface area contributed by atoms with Crippen molar-refractivity contribution in [3.8, 4) is 0 Å². The molecule has 0 aromatic heterocycles. The highest BCUT2D eigenvalue weighted by atomic mass is 16.4. The summed E-state index contributed by atoms with van der Waals surface area (Å²) in [4.78, 5) is 25.6. The first-order valence-electron chi connectivity index (χ1n) is 5.45. The van der Waals surface area contributed by atoms with Crippen LogP contribution in [0.5, 0.6) is 0 Å². The Morgan fingerprint density at radius 2 is 2.00 bits per heavy atom. The van der Waals surface area contributed by atoms with E-state index in [1.54, 1.807) is 18.0 Å². The number of hydrogen-bond donors (Lipinski definition) is 1. The molecule has 0 aromatic carbocycles. The zero-order valence-corrected chi connectivity index (χ0v) is 9.56. The summed E-state index contributed by atoms with van der Waals surface area (Å²) in [6.45, 7) is 2.55. The minimum absolute atomic E-state index is 0.128. The Kier molecular flexibility index (Phi) is 4.98. The van der Waals surface area contributed by atoms with Gasteiger partial charge in [-0.05, 0) is 19.9 Å². The molecule has 16 heavy (non-hydrogen) atoms. The second kappa shape index (κ2) is 6.27. The number of aliphatic carboxylic acids is 1. The van der Waals surface area contributed by atoms with Crippen LogP contribution in [-0.4, -0.2) is 60.0 Å². The van der Waals surface area contributed by atoms with E-state index in [2.05, 4.69) is 0 Å². The number of carboxylic acid groups (broad SMARTS) is 1. The van der Waals surface area contributed by atoms with Gasteiger partial charge in [-0.1, -0.05) is 6.08 Å². The molecule has 1 heterocycles. The molecule has 0 spiro atoms. The molecule has 0 aromatic rings. The van der Waals surface area contributed by atoms with E-state index in [1.165, 1.54) is 0 Å². The quantitative estimate of drug-likeness (QED) is 0.679. The first-order valence-corrected chi connectivity index (χ1v) is 5.45. The highest BCUT2D eigenvalue weighted by Crippen LogP contribution is 2.07. The van der Waals surface area contributed by atoms with Gasteiger partial charge in [-0.2, -0.15) is 0 Å². The normalized spacial score (nSPS) is 16.2. The maximum atomic E-state index is 11.7. The average Bonchev–Trinajstić information content (AvgIpc) is 2.69. The number of amides is 1. The van der Waals surface area contributed by atoms with Crippen LogP contribution in [0.15, 0.2) is 12.2 Å². The predicted octanol–water partition coefficient (Wildman–Crippen LogP) is 0.181. The van der Waals surface area contributed by atoms with Crippen molar-refractivity contribution in [2.75, 3.05) is 33.2 Å². The molecule has 5 heteroatoms. The van der Waals surface area contributed by atoms with E-state index >= 15 is 0 Å². The molecular formula is C11H18N2O3. The molecule has 0 atom stereocenters. The van der Waals surface area contributed by atoms with E-state index in [1.807, 2.05) is 4.90 Å². The topological polar surface area (TPSA) is 60.9 Å². The number of likely N-dealkylation sites (tertiary alicyclic amines) is 1. The van der Waals surface area contributed by atoms with Crippen LogP contribution in [0.1, 0.15) is 12.8 Å². The van der Waals surface area contributed by atoms with E-state index < -0.39 is 5.97 Å². The summed E-state index contributed by atoms with van der Waals surface area (Å²) in [5.41, 5.74) is 0. The van der Waals surface area contributed by atoms with E-state index in [0.29, 0.717) is 13.1 Å². The standard InChI is InChI=1S/C11H18N2O3/c1-12(6-4-5-11(15)16)9-10(14)13-7-2-3-8-13/h4-5H,2-3,6-9H2,1H3,(H,15,16)/b5-4+. The molecule has 1 rings (SSSR count). The average molecular weight is 226 g/mol. The van der Waals surface area contributed by atoms with Gasteiger partial charge in [-0.15, -0.1) is 0 Å². The van der Waals surface area contributed by atoms with Crippen LogP contribution in [0.3, 0.4) is 0 Å². The van der Waals surface area contributed by atoms with E-state index in [0.717, 1.165) is 32.0 Å². The third-order valence-electron chi connectivity index (χ3n) is 2.54. The van der Waals surface area contributed by atoms with Crippen molar-refractivity contribution in [3.05, 3.63) is 12.2 Å². The smallest absolute Gasteiger partial charge is 0.328 e. The Morgan fingerprint density at radius 1 is 1.38 bits per heavy atom. The summed E-state index contributed by atoms with van der Waals surface area (Å²) in [5.74, 6) is -0.831. The van der Waals surface area contributed by atoms with Crippen LogP contribution in [0.2, 0.25) is 0 Å². The summed E-state index contributed by atoms with van der Waals surface area (Å²) in [7, 11) is 1.81. The van der Waals surface area contributed by atoms with Gasteiger partial charge in [0.05, 0.1) is 6.54 Å². The van der Waals surface area contributed by atoms with Crippen LogP contribution < -0.4 is 0 Å². The fraction of sp³-hybridized carbons (Fsp3) is 0.636. The first kappa shape index (κ1) is 12.7. The van der Waals surface area contributed by atoms with E-state index in [-0.39, 0.29) is 5.91 Å². The zero-order valence-electron chi connectivity index (χ0n) is 9.56. The number of hydrogen-bond acceptors (Lipinski definition) is 3. The Hall–Kier alpha value is -1.36. The van der Waals surface area contributed by atoms with Crippen LogP contribution in [0.4, 0.5) is 0 Å². The summed E-state index contributed by atoms with van der Waals surface area (Å²) in [6.07, 6.45) is 4.82. The third-order valence-corrected chi connectivity index (χ3v) is 2.54. The number of likely N-dealkylation sites (N-methyl/N-ethyl adjacent to an activating group) is 1. The molecule has 1 saturated heterocycles. The molecule has 1 N–H and O–H groups in total. The molecular weight excluding hydrogens is 208 g/mol. The van der Waals surface area contributed by atoms with Gasteiger partial charge >= 0.3 is 5.97 Å². The summed E-state index contributed by atoms with van der Waals surface area (Å²) in [6, 6.07) is 0. The molecule has 1 amide bonds. The highest BCUT2D eigenvalue weighted by molar-refractivity contribution is 5.80. The molecule has 0 radical (unpaired) electrons. The lowest BCUT2D eigenvalue weighted by molar-refractivity contribution is -0.131. The molecule has 1 aliphatic rings. The lowest BCUT2D eigenvalue weighted by atomic mass is 10.4. The van der Waals surface area contributed by atoms with Crippen LogP contribution in [-0.2, 0) is 9.59 Å². The second-order valence-corrected chi connectivity index (χ2v) is 4.03. The fourth-order valence-corrected chi connectivity index (χ4v) is 1.70. The zero-order chi connectivity index (χ0) is 12.0. The van der Waals surface area contributed by atoms with Gasteiger partial charge in [0.15, 0.2) is 0 Å². The van der Waals surface area contributed by atoms with Gasteiger partial charge in [0, 0.05) is 25.7 Å². The molecule has 0 unspecified atom stereocenters. The Morgan fingerprint density at radius 3 is 2.56 bits per heavy atom. The third kappa shape index (κ3) is 4.44. The van der Waals surface area contributed by atoms with Crippen molar-refractivity contribution in [1.82, 2.24) is 9.80 Å². The molecule has 0 saturated carbocycles. The number of carbonyl (C=O) groups is 2. The predicted molar refractivity (Wildman–Crippen MR) is 60.1 cm³/mol. The monoisotopic (exact) mass is 226 g/mol. The van der Waals surface area contributed by atoms with Gasteiger partial charge in [0.1, 0.15) is 0 Å². The number of nitrogens with zero attached hydrogens (tertiary/aromatic N) is 2. The van der Waals surface area contributed by atoms with Gasteiger partial charge in [-0.3, -0.25) is 9.69 Å². The van der Waals surface area contributed by atoms with Gasteiger partial charge in [0.2, 0.25) is 5.91 Å². The van der Waals surface area contributed by atoms with Crippen molar-refractivity contribution in [1.29, 1.82) is 0 Å². The number of carbonyl (C=O) groups excluding carboxylic acids is 1. The van der Waals surface area contributed by atoms with Crippen LogP contribution >= 0.6 is 0 Å². The van der Waals surface area contributed by atoms with Gasteiger partial charge in [0.25, 0.3) is 0 Å². The lowest BCUT2D eigenvalue weighted by Gasteiger charge is -2.19. The summed E-state index contributed by atoms with van der Waals surface area (Å²) < 4.78 is 0. The van der Waals surface area contributed by atoms with E-state index in [4.69, 9.17) is 5.11 Å². The molecule has 5 nitrogen and oxygen atoms in total. The Balaban J connectivity index is 2.24. The lowest BCUT2D eigenvalue weighted by Crippen LogP contribution is -2.37. The minimum Gasteiger partial charge on any atom is -0.478 e. The number of carboxylic acids is 1. The van der Waals surface area contributed by atoms with Crippen molar-refractivity contribution in [3.63, 3.8) is 0 Å². The van der Waals surface area contributed by atoms with Crippen LogP contribution in [0, 0.1) is 0 Å². The Labute approximate surface area is 95.3 Å². The van der Waals surface area contributed by atoms with Crippen molar-refractivity contribution >= 4 is 11.9 Å². The van der Waals surface area contributed by atoms with E-state index in [9.17, 15) is 9.59 Å².